The van der Waals surface area contributed by atoms with E-state index < -0.39 is 129 Å². The Labute approximate surface area is 600 Å². The van der Waals surface area contributed by atoms with Crippen molar-refractivity contribution >= 4 is 103 Å². The number of imide groups is 1. The van der Waals surface area contributed by atoms with Crippen molar-refractivity contribution in [2.75, 3.05) is 61.9 Å². The number of anilines is 3. The number of hydrogen-bond acceptors (Lipinski definition) is 22. The van der Waals surface area contributed by atoms with E-state index in [9.17, 15) is 63.6 Å². The molecular formula is C75H94N10O19. The Hall–Kier alpha value is -10.2. The number of unbranched alkanes of at least 4 members (excludes halogenated alkanes) is 2. The fraction of sp³-hybridized carbons (Fsp3) is 0.480. The lowest BCUT2D eigenvalue weighted by Crippen LogP contribution is -2.54. The smallest absolute Gasteiger partial charge is 0.312 e. The Balaban J connectivity index is 0.942. The number of allylic oxidation sites excluding steroid dienone is 2. The van der Waals surface area contributed by atoms with E-state index in [1.807, 2.05) is 17.0 Å². The number of primary amides is 1. The molecule has 11 N–H and O–H groups in total. The van der Waals surface area contributed by atoms with Crippen LogP contribution in [0.15, 0.2) is 98.7 Å². The summed E-state index contributed by atoms with van der Waals surface area (Å²) in [5.41, 5.74) is 4.44. The van der Waals surface area contributed by atoms with Crippen LogP contribution in [-0.4, -0.2) is 171 Å². The van der Waals surface area contributed by atoms with Crippen LogP contribution in [0, 0.1) is 36.5 Å². The molecule has 4 aliphatic rings. The molecule has 558 valence electrons. The van der Waals surface area contributed by atoms with Crippen molar-refractivity contribution in [3.63, 3.8) is 0 Å². The van der Waals surface area contributed by atoms with Crippen molar-refractivity contribution < 1.29 is 82.1 Å². The number of aromatic hydroxyl groups is 1. The van der Waals surface area contributed by atoms with Gasteiger partial charge in [-0.1, -0.05) is 78.3 Å². The number of nitrogens with zero attached hydrogens (tertiary/aromatic N) is 4. The fourth-order valence-electron chi connectivity index (χ4n) is 13.6. The van der Waals surface area contributed by atoms with E-state index in [2.05, 4.69) is 31.5 Å². The second kappa shape index (κ2) is 33.5. The number of aliphatic hydroxyl groups is 3. The first kappa shape index (κ1) is 77.9. The third-order valence-electron chi connectivity index (χ3n) is 19.8. The van der Waals surface area contributed by atoms with Gasteiger partial charge in [0.1, 0.15) is 40.9 Å². The molecule has 4 aliphatic heterocycles. The maximum absolute atomic E-state index is 15.2. The van der Waals surface area contributed by atoms with Gasteiger partial charge in [-0.15, -0.1) is 0 Å². The van der Waals surface area contributed by atoms with Gasteiger partial charge in [0.05, 0.1) is 35.2 Å². The standard InChI is InChI=1S/C75H94N10O19/c1-38(2)59(80-53(88)20-13-12-14-29-85-54(89)25-26-55(85)90)73(98)79-49(19-16-28-77-74(76)99)72(97)78-47-23-21-46(22-24-47)37-83-30-32-84(33-31-83)48-35-50(87)60-52(36-48)103-69-61(81-60)56-57-65(93)44(8)68-58(56)70(95)75(10,104-68)101-34-27-51(100-11)41(5)67(102-45(9)86)43(7)64(92)42(6)63(91)39(3)17-15-18-40(4)71(96)82-62(69)66(57)94/h15,17-18,21-27,34-36,38-39,41-43,49,51,59,63-64,67,91-93,95H,12-14,16,19-20,28-33,37H2,1-11H3,(H,78,97)(H,79,98)(H,80,88)(H,82,96)(H3,76,77,99)/b17-15+,34-27+,40-18-/t39-,41+,42+,43+,49-,51-,59-,63-,64+,67+,75-/m0/s1. The van der Waals surface area contributed by atoms with Gasteiger partial charge in [-0.3, -0.25) is 53.0 Å². The van der Waals surface area contributed by atoms with Gasteiger partial charge in [-0.25, -0.2) is 9.78 Å². The highest BCUT2D eigenvalue weighted by atomic mass is 16.7. The number of nitrogens with one attached hydrogen (secondary N) is 5. The van der Waals surface area contributed by atoms with Crippen LogP contribution in [-0.2, 0) is 54.3 Å². The molecular weight excluding hydrogens is 1340 g/mol. The Morgan fingerprint density at radius 2 is 1.53 bits per heavy atom. The molecule has 104 heavy (non-hydrogen) atoms. The number of aliphatic hydroxyl groups excluding tert-OH is 3. The van der Waals surface area contributed by atoms with E-state index in [-0.39, 0.29) is 106 Å². The van der Waals surface area contributed by atoms with Gasteiger partial charge >= 0.3 is 17.8 Å². The molecule has 4 aromatic carbocycles. The Bertz CT molecular complexity index is 4430. The number of carbonyl (C=O) groups is 8. The van der Waals surface area contributed by atoms with Gasteiger partial charge in [-0.2, -0.15) is 0 Å². The maximum atomic E-state index is 15.2. The Morgan fingerprint density at radius 3 is 2.18 bits per heavy atom. The molecule has 4 bridgehead atoms. The van der Waals surface area contributed by atoms with E-state index >= 15 is 4.79 Å². The second-order valence-corrected chi connectivity index (χ2v) is 27.7. The number of benzene rings is 4. The van der Waals surface area contributed by atoms with E-state index in [0.29, 0.717) is 63.4 Å². The number of methoxy groups -OCH3 is 1. The molecule has 0 spiro atoms. The average Bonchev–Trinajstić information content (AvgIpc) is 1.39. The predicted molar refractivity (Wildman–Crippen MR) is 387 cm³/mol. The number of fused-ring (bicyclic) bond motifs is 2. The summed E-state index contributed by atoms with van der Waals surface area (Å²) < 4.78 is 30.8. The third kappa shape index (κ3) is 17.5. The normalized spacial score (nSPS) is 24.4. The van der Waals surface area contributed by atoms with Crippen LogP contribution in [0.5, 0.6) is 11.5 Å². The van der Waals surface area contributed by atoms with Crippen LogP contribution in [0.2, 0.25) is 0 Å². The summed E-state index contributed by atoms with van der Waals surface area (Å²) in [5.74, 6) is -10.1. The number of ether oxygens (including phenoxy) is 4. The van der Waals surface area contributed by atoms with Crippen LogP contribution in [0.1, 0.15) is 112 Å². The topological polar surface area (TPSA) is 410 Å². The van der Waals surface area contributed by atoms with Crippen LogP contribution in [0.4, 0.5) is 21.9 Å². The zero-order valence-corrected chi connectivity index (χ0v) is 60.3. The zero-order chi connectivity index (χ0) is 75.8. The van der Waals surface area contributed by atoms with Crippen molar-refractivity contribution in [2.24, 2.45) is 35.3 Å². The summed E-state index contributed by atoms with van der Waals surface area (Å²) in [6.45, 7) is 18.8. The fourth-order valence-corrected chi connectivity index (χ4v) is 13.6. The van der Waals surface area contributed by atoms with Crippen molar-refractivity contribution in [3.05, 3.63) is 121 Å². The highest BCUT2D eigenvalue weighted by Crippen LogP contribution is 2.43. The van der Waals surface area contributed by atoms with Crippen LogP contribution in [0.25, 0.3) is 38.7 Å². The molecule has 29 heteroatoms. The van der Waals surface area contributed by atoms with Crippen LogP contribution < -0.4 is 58.0 Å². The quantitative estimate of drug-likeness (QED) is 0.0145. The average molecular weight is 1440 g/mol. The van der Waals surface area contributed by atoms with E-state index in [0.717, 1.165) is 10.5 Å². The van der Waals surface area contributed by atoms with Gasteiger partial charge in [0.25, 0.3) is 17.7 Å². The molecule has 29 nitrogen and oxygen atoms in total. The molecule has 1 aromatic heterocycles. The van der Waals surface area contributed by atoms with Crippen LogP contribution in [0.3, 0.4) is 0 Å². The highest BCUT2D eigenvalue weighted by molar-refractivity contribution is 6.17. The largest absolute Gasteiger partial charge is 0.507 e. The first-order valence-corrected chi connectivity index (χ1v) is 35.0. The molecule has 9 rings (SSSR count). The van der Waals surface area contributed by atoms with Gasteiger partial charge in [0.2, 0.25) is 28.6 Å². The van der Waals surface area contributed by atoms with E-state index in [1.165, 1.54) is 71.4 Å². The monoisotopic (exact) mass is 1440 g/mol. The predicted octanol–water partition coefficient (Wildman–Crippen LogP) is 5.38. The molecule has 0 unspecified atom stereocenters. The number of carbonyl (C=O) groups excluding carboxylic acids is 8. The molecule has 11 atom stereocenters. The lowest BCUT2D eigenvalue weighted by molar-refractivity contribution is -0.160. The minimum absolute atomic E-state index is 0.00473. The van der Waals surface area contributed by atoms with Gasteiger partial charge < -0.3 is 81.0 Å². The first-order chi connectivity index (χ1) is 49.3. The molecule has 5 aromatic rings. The molecule has 1 saturated heterocycles. The van der Waals surface area contributed by atoms with Crippen molar-refractivity contribution in [1.29, 1.82) is 0 Å². The number of rotatable bonds is 21. The SMILES string of the molecule is CO[C@H]1/C=C/O[C@@]2(C)Oc3c(C)c(O)c4c(=O)c(c5oc6cc(N7CCN(Cc8ccc(NC(=O)[C@H](CCCNC(N)=O)NC(=O)[C@@H](NC(=O)CCCCCN9C(=O)C=CC9=O)C(C)C)cc8)CC7)cc(=O)c6nc5c4c3=C2O)NC(=O)/C(C)=C\C=C\[C@H](C)[C@H](O)[C@@H](C)[C@@H](O)[C@@H](C)[C@H](OC(C)=O)[C@@H]1C. The van der Waals surface area contributed by atoms with Crippen molar-refractivity contribution in [2.45, 2.75) is 157 Å². The third-order valence-corrected chi connectivity index (χ3v) is 19.8. The molecule has 0 aliphatic carbocycles. The van der Waals surface area contributed by atoms with Gasteiger partial charge in [0, 0.05) is 149 Å². The van der Waals surface area contributed by atoms with Crippen molar-refractivity contribution in [3.8, 4) is 11.5 Å². The number of urea groups is 1. The number of phenolic OH excluding ortho intramolecular Hbond substituents is 1. The summed E-state index contributed by atoms with van der Waals surface area (Å²) in [6, 6.07) is 7.37. The molecule has 5 heterocycles. The zero-order valence-electron chi connectivity index (χ0n) is 60.3. The number of hydrogen-bond donors (Lipinski definition) is 10. The Morgan fingerprint density at radius 1 is 0.837 bits per heavy atom. The molecule has 1 fully saturated rings. The lowest BCUT2D eigenvalue weighted by atomic mass is 9.78. The molecule has 8 amide bonds. The summed E-state index contributed by atoms with van der Waals surface area (Å²) in [4.78, 5) is 143. The summed E-state index contributed by atoms with van der Waals surface area (Å²) in [7, 11) is 1.42. The second-order valence-electron chi connectivity index (χ2n) is 27.7. The maximum Gasteiger partial charge on any atom is 0.312 e. The van der Waals surface area contributed by atoms with E-state index in [1.54, 1.807) is 71.9 Å². The van der Waals surface area contributed by atoms with Crippen LogP contribution >= 0.6 is 0 Å². The number of esters is 1. The van der Waals surface area contributed by atoms with Gasteiger partial charge in [0.15, 0.2) is 22.4 Å². The summed E-state index contributed by atoms with van der Waals surface area (Å²) in [5, 5.41) is 60.7. The minimum atomic E-state index is -2.06. The lowest BCUT2D eigenvalue weighted by Gasteiger charge is -2.38. The van der Waals surface area contributed by atoms with E-state index in [4.69, 9.17) is 34.1 Å². The van der Waals surface area contributed by atoms with Gasteiger partial charge in [-0.05, 0) is 69.2 Å². The number of nitrogens with two attached hydrogens (primary N) is 1. The Kier molecular flexibility index (Phi) is 25.1. The number of piperazine rings is 1. The number of aromatic nitrogens is 1. The number of phenols is 1. The molecule has 0 radical (unpaired) electrons. The summed E-state index contributed by atoms with van der Waals surface area (Å²) >= 11 is 0. The first-order valence-electron chi connectivity index (χ1n) is 35.0. The molecule has 0 saturated carbocycles. The summed E-state index contributed by atoms with van der Waals surface area (Å²) in [6.07, 6.45) is 7.64. The highest BCUT2D eigenvalue weighted by Gasteiger charge is 2.45. The minimum Gasteiger partial charge on any atom is -0.507 e. The number of amides is 8. The van der Waals surface area contributed by atoms with Crippen molar-refractivity contribution in [1.82, 2.24) is 30.7 Å².